The average Bonchev–Trinajstić information content (AvgIpc) is 2.29. The van der Waals surface area contributed by atoms with Crippen molar-refractivity contribution in [3.05, 3.63) is 21.8 Å². The summed E-state index contributed by atoms with van der Waals surface area (Å²) in [6.07, 6.45) is 8.29. The molecule has 1 fully saturated rings. The zero-order valence-corrected chi connectivity index (χ0v) is 11.8. The monoisotopic (exact) mass is 302 g/mol. The molecule has 1 aliphatic rings. The van der Waals surface area contributed by atoms with E-state index in [1.807, 2.05) is 6.07 Å². The number of hydrogen-bond donors (Lipinski definition) is 0. The largest absolute Gasteiger partial charge is 0.356 e. The van der Waals surface area contributed by atoms with Crippen LogP contribution < -0.4 is 4.90 Å². The van der Waals surface area contributed by atoms with Gasteiger partial charge in [0.05, 0.1) is 9.50 Å². The summed E-state index contributed by atoms with van der Waals surface area (Å²) >= 11 is 9.42. The highest BCUT2D eigenvalue weighted by atomic mass is 79.9. The molecular formula is C12H16BrClN2. The van der Waals surface area contributed by atoms with Gasteiger partial charge in [0.25, 0.3) is 0 Å². The van der Waals surface area contributed by atoms with E-state index in [9.17, 15) is 0 Å². The summed E-state index contributed by atoms with van der Waals surface area (Å²) in [5.41, 5.74) is 0. The van der Waals surface area contributed by atoms with Crippen molar-refractivity contribution >= 4 is 33.3 Å². The number of aromatic nitrogens is 1. The molecule has 1 aromatic heterocycles. The summed E-state index contributed by atoms with van der Waals surface area (Å²) in [4.78, 5) is 6.68. The van der Waals surface area contributed by atoms with Gasteiger partial charge in [-0.1, -0.05) is 30.9 Å². The molecule has 4 heteroatoms. The lowest BCUT2D eigenvalue weighted by Gasteiger charge is -2.32. The standard InChI is InChI=1S/C12H16BrClN2/c1-16(10-5-3-2-4-6-10)12-11(13)7-9(14)8-15-12/h7-8,10H,2-6H2,1H3. The second-order valence-corrected chi connectivity index (χ2v) is 5.65. The Morgan fingerprint density at radius 2 is 2.06 bits per heavy atom. The molecular weight excluding hydrogens is 288 g/mol. The highest BCUT2D eigenvalue weighted by Crippen LogP contribution is 2.30. The Morgan fingerprint density at radius 3 is 2.69 bits per heavy atom. The lowest BCUT2D eigenvalue weighted by atomic mass is 9.94. The van der Waals surface area contributed by atoms with Crippen LogP contribution in [0.3, 0.4) is 0 Å². The normalized spacial score (nSPS) is 17.4. The highest BCUT2D eigenvalue weighted by Gasteiger charge is 2.20. The first-order chi connectivity index (χ1) is 7.68. The van der Waals surface area contributed by atoms with Crippen LogP contribution in [0.5, 0.6) is 0 Å². The van der Waals surface area contributed by atoms with Crippen LogP contribution in [0.15, 0.2) is 16.7 Å². The van der Waals surface area contributed by atoms with Gasteiger partial charge < -0.3 is 4.90 Å². The summed E-state index contributed by atoms with van der Waals surface area (Å²) in [7, 11) is 2.12. The molecule has 0 amide bonds. The van der Waals surface area contributed by atoms with Gasteiger partial charge >= 0.3 is 0 Å². The molecule has 0 atom stereocenters. The van der Waals surface area contributed by atoms with Crippen molar-refractivity contribution < 1.29 is 0 Å². The van der Waals surface area contributed by atoms with Crippen molar-refractivity contribution in [1.82, 2.24) is 4.98 Å². The SMILES string of the molecule is CN(c1ncc(Cl)cc1Br)C1CCCCC1. The Morgan fingerprint density at radius 1 is 1.38 bits per heavy atom. The molecule has 0 spiro atoms. The zero-order chi connectivity index (χ0) is 11.5. The topological polar surface area (TPSA) is 16.1 Å². The van der Waals surface area contributed by atoms with Crippen molar-refractivity contribution in [3.8, 4) is 0 Å². The van der Waals surface area contributed by atoms with Crippen LogP contribution in [0.4, 0.5) is 5.82 Å². The minimum Gasteiger partial charge on any atom is -0.356 e. The molecule has 0 N–H and O–H groups in total. The smallest absolute Gasteiger partial charge is 0.142 e. The van der Waals surface area contributed by atoms with Crippen LogP contribution in [-0.2, 0) is 0 Å². The van der Waals surface area contributed by atoms with Gasteiger partial charge in [0.2, 0.25) is 0 Å². The molecule has 1 heterocycles. The predicted octanol–water partition coefficient (Wildman–Crippen LogP) is 4.27. The van der Waals surface area contributed by atoms with Gasteiger partial charge in [-0.25, -0.2) is 4.98 Å². The fraction of sp³-hybridized carbons (Fsp3) is 0.583. The number of hydrogen-bond acceptors (Lipinski definition) is 2. The van der Waals surface area contributed by atoms with Crippen molar-refractivity contribution in [3.63, 3.8) is 0 Å². The summed E-state index contributed by atoms with van der Waals surface area (Å²) in [5, 5.41) is 0.674. The number of anilines is 1. The maximum absolute atomic E-state index is 5.90. The maximum Gasteiger partial charge on any atom is 0.142 e. The van der Waals surface area contributed by atoms with Gasteiger partial charge in [0, 0.05) is 19.3 Å². The minimum absolute atomic E-state index is 0.624. The van der Waals surface area contributed by atoms with Crippen molar-refractivity contribution in [2.75, 3.05) is 11.9 Å². The molecule has 0 radical (unpaired) electrons. The Labute approximate surface area is 110 Å². The van der Waals surface area contributed by atoms with Gasteiger partial charge in [0.1, 0.15) is 5.82 Å². The van der Waals surface area contributed by atoms with E-state index in [2.05, 4.69) is 32.9 Å². The summed E-state index contributed by atoms with van der Waals surface area (Å²) in [5.74, 6) is 0.997. The van der Waals surface area contributed by atoms with E-state index in [0.29, 0.717) is 11.1 Å². The van der Waals surface area contributed by atoms with Crippen LogP contribution in [0.1, 0.15) is 32.1 Å². The van der Waals surface area contributed by atoms with E-state index < -0.39 is 0 Å². The van der Waals surface area contributed by atoms with E-state index in [-0.39, 0.29) is 0 Å². The molecule has 0 unspecified atom stereocenters. The second kappa shape index (κ2) is 5.37. The van der Waals surface area contributed by atoms with E-state index >= 15 is 0 Å². The lowest BCUT2D eigenvalue weighted by Crippen LogP contribution is -2.34. The van der Waals surface area contributed by atoms with E-state index in [4.69, 9.17) is 11.6 Å². The fourth-order valence-corrected chi connectivity index (χ4v) is 3.23. The first-order valence-corrected chi connectivity index (χ1v) is 6.89. The second-order valence-electron chi connectivity index (χ2n) is 4.36. The summed E-state index contributed by atoms with van der Waals surface area (Å²) in [6, 6.07) is 2.53. The third-order valence-electron chi connectivity index (χ3n) is 3.24. The quantitative estimate of drug-likeness (QED) is 0.811. The molecule has 16 heavy (non-hydrogen) atoms. The van der Waals surface area contributed by atoms with Crippen LogP contribution in [-0.4, -0.2) is 18.1 Å². The van der Waals surface area contributed by atoms with Crippen LogP contribution in [0, 0.1) is 0 Å². The van der Waals surface area contributed by atoms with Crippen LogP contribution in [0.25, 0.3) is 0 Å². The van der Waals surface area contributed by atoms with Gasteiger partial charge in [-0.2, -0.15) is 0 Å². The first kappa shape index (κ1) is 12.2. The molecule has 0 saturated heterocycles. The first-order valence-electron chi connectivity index (χ1n) is 5.72. The number of halogens is 2. The van der Waals surface area contributed by atoms with Gasteiger partial charge in [0.15, 0.2) is 0 Å². The molecule has 1 saturated carbocycles. The van der Waals surface area contributed by atoms with Crippen molar-refractivity contribution in [2.24, 2.45) is 0 Å². The van der Waals surface area contributed by atoms with Gasteiger partial charge in [-0.3, -0.25) is 0 Å². The number of nitrogens with zero attached hydrogens (tertiary/aromatic N) is 2. The molecule has 1 aliphatic carbocycles. The van der Waals surface area contributed by atoms with Gasteiger partial charge in [-0.15, -0.1) is 0 Å². The minimum atomic E-state index is 0.624. The Balaban J connectivity index is 2.15. The van der Waals surface area contributed by atoms with Crippen LogP contribution >= 0.6 is 27.5 Å². The molecule has 0 bridgehead atoms. The Bertz CT molecular complexity index is 364. The predicted molar refractivity (Wildman–Crippen MR) is 72.2 cm³/mol. The molecule has 88 valence electrons. The fourth-order valence-electron chi connectivity index (χ4n) is 2.31. The van der Waals surface area contributed by atoms with Gasteiger partial charge in [-0.05, 0) is 34.8 Å². The lowest BCUT2D eigenvalue weighted by molar-refractivity contribution is 0.425. The molecule has 2 nitrogen and oxygen atoms in total. The summed E-state index contributed by atoms with van der Waals surface area (Å²) in [6.45, 7) is 0. The molecule has 2 rings (SSSR count). The molecule has 1 aromatic rings. The molecule has 0 aliphatic heterocycles. The van der Waals surface area contributed by atoms with Crippen molar-refractivity contribution in [2.45, 2.75) is 38.1 Å². The van der Waals surface area contributed by atoms with E-state index in [1.54, 1.807) is 6.20 Å². The maximum atomic E-state index is 5.90. The zero-order valence-electron chi connectivity index (χ0n) is 9.42. The van der Waals surface area contributed by atoms with E-state index in [1.165, 1.54) is 32.1 Å². The number of pyridine rings is 1. The third-order valence-corrected chi connectivity index (χ3v) is 4.04. The Hall–Kier alpha value is -0.280. The van der Waals surface area contributed by atoms with E-state index in [0.717, 1.165) is 10.3 Å². The number of rotatable bonds is 2. The van der Waals surface area contributed by atoms with Crippen LogP contribution in [0.2, 0.25) is 5.02 Å². The molecule has 0 aromatic carbocycles. The Kier molecular flexibility index (Phi) is 4.09. The third kappa shape index (κ3) is 2.69. The average molecular weight is 304 g/mol. The summed E-state index contributed by atoms with van der Waals surface area (Å²) < 4.78 is 0.980. The highest BCUT2D eigenvalue weighted by molar-refractivity contribution is 9.10. The van der Waals surface area contributed by atoms with Crippen molar-refractivity contribution in [1.29, 1.82) is 0 Å².